The molecule has 0 bridgehead atoms. The van der Waals surface area contributed by atoms with E-state index in [0.717, 1.165) is 22.5 Å². The molecule has 0 saturated heterocycles. The second-order valence-electron chi connectivity index (χ2n) is 10.6. The molecule has 1 N–H and O–H groups in total. The van der Waals surface area contributed by atoms with E-state index >= 15 is 0 Å². The van der Waals surface area contributed by atoms with E-state index in [2.05, 4.69) is 0 Å². The van der Waals surface area contributed by atoms with Crippen molar-refractivity contribution in [3.63, 3.8) is 0 Å². The topological polar surface area (TPSA) is 77.9 Å². The summed E-state index contributed by atoms with van der Waals surface area (Å²) >= 11 is 6.09. The Labute approximate surface area is 228 Å². The van der Waals surface area contributed by atoms with Gasteiger partial charge in [0.2, 0.25) is 5.91 Å². The quantitative estimate of drug-likeness (QED) is 0.358. The largest absolute Gasteiger partial charge is 0.481 e. The van der Waals surface area contributed by atoms with Crippen LogP contribution in [0, 0.1) is 5.41 Å². The molecule has 0 aromatic heterocycles. The minimum atomic E-state index is -0.820. The Morgan fingerprint density at radius 1 is 1.00 bits per heavy atom. The molecule has 0 fully saturated rings. The molecule has 0 unspecified atom stereocenters. The number of para-hydroxylation sites is 1. The van der Waals surface area contributed by atoms with Gasteiger partial charge in [0.1, 0.15) is 0 Å². The number of anilines is 2. The highest BCUT2D eigenvalue weighted by atomic mass is 35.5. The number of nitrogens with zero attached hydrogens (tertiary/aromatic N) is 2. The SMILES string of the molecule is CC(=O)N(c1ccc(Cl)cc1)[C@@H]1C[C@H](C)N(C(=O)c2ccc(CCC(C)(C)C(=O)O)cc2)c2ccccc21. The molecule has 2 amide bonds. The van der Waals surface area contributed by atoms with Gasteiger partial charge in [0.05, 0.1) is 11.5 Å². The van der Waals surface area contributed by atoms with E-state index in [4.69, 9.17) is 11.6 Å². The minimum Gasteiger partial charge on any atom is -0.481 e. The first kappa shape index (κ1) is 27.4. The van der Waals surface area contributed by atoms with Crippen LogP contribution in [0.2, 0.25) is 5.02 Å². The number of halogens is 1. The molecule has 3 aromatic carbocycles. The summed E-state index contributed by atoms with van der Waals surface area (Å²) in [6.07, 6.45) is 1.70. The summed E-state index contributed by atoms with van der Waals surface area (Å²) in [6.45, 7) is 6.99. The first-order valence-corrected chi connectivity index (χ1v) is 13.2. The molecular formula is C31H33ClN2O4. The van der Waals surface area contributed by atoms with E-state index in [1.54, 1.807) is 37.8 Å². The van der Waals surface area contributed by atoms with Gasteiger partial charge in [-0.25, -0.2) is 0 Å². The summed E-state index contributed by atoms with van der Waals surface area (Å²) in [7, 11) is 0. The van der Waals surface area contributed by atoms with Crippen LogP contribution >= 0.6 is 11.6 Å². The fraction of sp³-hybridized carbons (Fsp3) is 0.323. The van der Waals surface area contributed by atoms with Crippen LogP contribution in [0.1, 0.15) is 68.1 Å². The molecule has 38 heavy (non-hydrogen) atoms. The van der Waals surface area contributed by atoms with Crippen LogP contribution in [0.3, 0.4) is 0 Å². The van der Waals surface area contributed by atoms with E-state index < -0.39 is 11.4 Å². The van der Waals surface area contributed by atoms with Crippen molar-refractivity contribution in [3.8, 4) is 0 Å². The lowest BCUT2D eigenvalue weighted by molar-refractivity contribution is -0.147. The maximum absolute atomic E-state index is 13.8. The van der Waals surface area contributed by atoms with Gasteiger partial charge in [-0.15, -0.1) is 0 Å². The predicted octanol–water partition coefficient (Wildman–Crippen LogP) is 6.92. The number of aryl methyl sites for hydroxylation is 1. The number of fused-ring (bicyclic) bond motifs is 1. The van der Waals surface area contributed by atoms with E-state index in [1.807, 2.05) is 72.5 Å². The lowest BCUT2D eigenvalue weighted by Gasteiger charge is -2.43. The number of carbonyl (C=O) groups excluding carboxylic acids is 2. The number of carboxylic acid groups (broad SMARTS) is 1. The fourth-order valence-corrected chi connectivity index (χ4v) is 5.16. The van der Waals surface area contributed by atoms with Crippen LogP contribution in [-0.4, -0.2) is 28.9 Å². The Morgan fingerprint density at radius 2 is 1.63 bits per heavy atom. The van der Waals surface area contributed by atoms with Gasteiger partial charge in [-0.2, -0.15) is 0 Å². The average molecular weight is 533 g/mol. The normalized spacial score (nSPS) is 17.0. The number of aliphatic carboxylic acids is 1. The molecule has 0 spiro atoms. The smallest absolute Gasteiger partial charge is 0.309 e. The first-order chi connectivity index (χ1) is 18.0. The average Bonchev–Trinajstić information content (AvgIpc) is 2.88. The zero-order valence-corrected chi connectivity index (χ0v) is 22.9. The molecule has 1 heterocycles. The van der Waals surface area contributed by atoms with Crippen LogP contribution in [0.25, 0.3) is 0 Å². The van der Waals surface area contributed by atoms with E-state index in [-0.39, 0.29) is 23.9 Å². The van der Waals surface area contributed by atoms with Crippen molar-refractivity contribution in [3.05, 3.63) is 94.5 Å². The number of amides is 2. The number of benzene rings is 3. The summed E-state index contributed by atoms with van der Waals surface area (Å²) in [6, 6.07) is 22.0. The lowest BCUT2D eigenvalue weighted by atomic mass is 9.86. The highest BCUT2D eigenvalue weighted by molar-refractivity contribution is 6.30. The second-order valence-corrected chi connectivity index (χ2v) is 11.0. The zero-order chi connectivity index (χ0) is 27.6. The minimum absolute atomic E-state index is 0.0826. The Morgan fingerprint density at radius 3 is 2.24 bits per heavy atom. The monoisotopic (exact) mass is 532 g/mol. The Bertz CT molecular complexity index is 1330. The first-order valence-electron chi connectivity index (χ1n) is 12.8. The second kappa shape index (κ2) is 11.0. The summed E-state index contributed by atoms with van der Waals surface area (Å²) < 4.78 is 0. The van der Waals surface area contributed by atoms with Crippen molar-refractivity contribution in [2.45, 2.75) is 59.0 Å². The molecule has 0 radical (unpaired) electrons. The van der Waals surface area contributed by atoms with Crippen LogP contribution in [0.4, 0.5) is 11.4 Å². The number of carboxylic acids is 1. The number of rotatable bonds is 7. The maximum atomic E-state index is 13.8. The number of hydrogen-bond donors (Lipinski definition) is 1. The van der Waals surface area contributed by atoms with Gasteiger partial charge in [0, 0.05) is 34.9 Å². The Hall–Kier alpha value is -3.64. The van der Waals surface area contributed by atoms with Crippen molar-refractivity contribution < 1.29 is 19.5 Å². The van der Waals surface area contributed by atoms with Crippen LogP contribution in [0.5, 0.6) is 0 Å². The van der Waals surface area contributed by atoms with Gasteiger partial charge >= 0.3 is 5.97 Å². The molecule has 0 saturated carbocycles. The molecule has 1 aliphatic rings. The third kappa shape index (κ3) is 5.60. The summed E-state index contributed by atoms with van der Waals surface area (Å²) in [5, 5.41) is 9.97. The summed E-state index contributed by atoms with van der Waals surface area (Å²) in [5.41, 5.74) is 3.20. The van der Waals surface area contributed by atoms with Crippen LogP contribution in [-0.2, 0) is 16.0 Å². The van der Waals surface area contributed by atoms with Crippen molar-refractivity contribution >= 4 is 40.8 Å². The van der Waals surface area contributed by atoms with Gasteiger partial charge in [-0.3, -0.25) is 14.4 Å². The van der Waals surface area contributed by atoms with Crippen molar-refractivity contribution in [1.82, 2.24) is 0 Å². The van der Waals surface area contributed by atoms with Crippen molar-refractivity contribution in [2.75, 3.05) is 9.80 Å². The molecule has 1 aliphatic heterocycles. The molecule has 4 rings (SSSR count). The fourth-order valence-electron chi connectivity index (χ4n) is 5.04. The zero-order valence-electron chi connectivity index (χ0n) is 22.1. The molecule has 7 heteroatoms. The van der Waals surface area contributed by atoms with Gasteiger partial charge in [0.25, 0.3) is 5.91 Å². The molecular weight excluding hydrogens is 500 g/mol. The maximum Gasteiger partial charge on any atom is 0.309 e. The highest BCUT2D eigenvalue weighted by Crippen LogP contribution is 2.43. The van der Waals surface area contributed by atoms with E-state index in [0.29, 0.717) is 29.8 Å². The molecule has 6 nitrogen and oxygen atoms in total. The van der Waals surface area contributed by atoms with Gasteiger partial charge in [0.15, 0.2) is 0 Å². The predicted molar refractivity (Wildman–Crippen MR) is 151 cm³/mol. The Balaban J connectivity index is 1.61. The number of hydrogen-bond acceptors (Lipinski definition) is 3. The Kier molecular flexibility index (Phi) is 7.93. The molecule has 0 aliphatic carbocycles. The van der Waals surface area contributed by atoms with Gasteiger partial charge < -0.3 is 14.9 Å². The van der Waals surface area contributed by atoms with Crippen molar-refractivity contribution in [2.24, 2.45) is 5.41 Å². The van der Waals surface area contributed by atoms with E-state index in [9.17, 15) is 19.5 Å². The standard InChI is InChI=1S/C31H33ClN2O4/c1-20-19-28(34(21(2)35)25-15-13-24(32)14-16-25)26-7-5-6-8-27(26)33(20)29(36)23-11-9-22(10-12-23)17-18-31(3,4)30(37)38/h5-16,20,28H,17-19H2,1-4H3,(H,37,38)/t20-,28+/m0/s1. The summed E-state index contributed by atoms with van der Waals surface area (Å²) in [5.74, 6) is -1.01. The number of carbonyl (C=O) groups is 3. The summed E-state index contributed by atoms with van der Waals surface area (Å²) in [4.78, 5) is 41.6. The van der Waals surface area contributed by atoms with Crippen LogP contribution in [0.15, 0.2) is 72.8 Å². The van der Waals surface area contributed by atoms with Gasteiger partial charge in [-0.05, 0) is 93.6 Å². The van der Waals surface area contributed by atoms with Crippen LogP contribution < -0.4 is 9.80 Å². The molecule has 3 aromatic rings. The highest BCUT2D eigenvalue weighted by Gasteiger charge is 2.38. The lowest BCUT2D eigenvalue weighted by Crippen LogP contribution is -2.47. The molecule has 2 atom stereocenters. The van der Waals surface area contributed by atoms with Crippen molar-refractivity contribution in [1.29, 1.82) is 0 Å². The molecule has 198 valence electrons. The van der Waals surface area contributed by atoms with Gasteiger partial charge in [-0.1, -0.05) is 41.9 Å². The third-order valence-corrected chi connectivity index (χ3v) is 7.61. The van der Waals surface area contributed by atoms with E-state index in [1.165, 1.54) is 0 Å². The third-order valence-electron chi connectivity index (χ3n) is 7.35.